The van der Waals surface area contributed by atoms with E-state index in [0.29, 0.717) is 0 Å². The average Bonchev–Trinajstić information content (AvgIpc) is 2.13. The maximum Gasteiger partial charge on any atom is 0.259 e. The van der Waals surface area contributed by atoms with Crippen LogP contribution in [0.4, 0.5) is 8.78 Å². The van der Waals surface area contributed by atoms with E-state index in [1.807, 2.05) is 0 Å². The minimum Gasteiger partial charge on any atom is -0.287 e. The number of hydrogen-bond acceptors (Lipinski definition) is 1. The van der Waals surface area contributed by atoms with E-state index in [4.69, 9.17) is 0 Å². The number of alkyl halides is 2. The molecule has 0 aromatic carbocycles. The molecule has 0 spiro atoms. The molecule has 0 radical (unpaired) electrons. The van der Waals surface area contributed by atoms with Crippen LogP contribution in [0.5, 0.6) is 0 Å². The number of hydrogen-bond donors (Lipinski definition) is 0. The number of carbonyl (C=O) groups excluding carboxylic acids is 1. The van der Waals surface area contributed by atoms with Crippen LogP contribution in [-0.2, 0) is 4.79 Å². The molecular weight excluding hydrogens is 229 g/mol. The summed E-state index contributed by atoms with van der Waals surface area (Å²) < 4.78 is 23.2. The Morgan fingerprint density at radius 3 is 2.12 bits per heavy atom. The minimum absolute atomic E-state index is 0.241. The van der Waals surface area contributed by atoms with Crippen molar-refractivity contribution >= 4 is 26.4 Å². The first-order valence-corrected chi connectivity index (χ1v) is 3.19. The molecule has 1 unspecified atom stereocenters. The molecule has 1 atom stereocenters. The molecule has 1 fully saturated rings. The van der Waals surface area contributed by atoms with Gasteiger partial charge in [0.05, 0.1) is 5.92 Å². The zero-order valence-corrected chi connectivity index (χ0v) is 5.98. The van der Waals surface area contributed by atoms with Gasteiger partial charge in [-0.3, -0.25) is 4.79 Å². The smallest absolute Gasteiger partial charge is 0.259 e. The molecular formula is C4H3F2IO. The molecule has 0 aliphatic heterocycles. The molecule has 1 saturated carbocycles. The maximum atomic E-state index is 11.8. The lowest BCUT2D eigenvalue weighted by Crippen LogP contribution is -1.98. The third-order valence-corrected chi connectivity index (χ3v) is 1.85. The van der Waals surface area contributed by atoms with Gasteiger partial charge in [0.15, 0.2) is 0 Å². The van der Waals surface area contributed by atoms with Gasteiger partial charge in [0.25, 0.3) is 5.92 Å². The molecule has 0 heterocycles. The summed E-state index contributed by atoms with van der Waals surface area (Å²) in [5.74, 6) is -3.64. The highest BCUT2D eigenvalue weighted by Crippen LogP contribution is 2.50. The zero-order valence-electron chi connectivity index (χ0n) is 3.83. The van der Waals surface area contributed by atoms with E-state index < -0.39 is 15.6 Å². The van der Waals surface area contributed by atoms with Gasteiger partial charge in [0.2, 0.25) is 3.79 Å². The van der Waals surface area contributed by atoms with Crippen LogP contribution in [0, 0.1) is 5.92 Å². The topological polar surface area (TPSA) is 17.1 Å². The first-order chi connectivity index (χ1) is 3.54. The standard InChI is InChI=1S/C4H3F2IO/c5-4(6)1-2(4)3(7)8/h2H,1H2. The van der Waals surface area contributed by atoms with Crippen molar-refractivity contribution in [3.8, 4) is 0 Å². The summed E-state index contributed by atoms with van der Waals surface area (Å²) in [4.78, 5) is 10.1. The number of carbonyl (C=O) groups is 1. The third kappa shape index (κ3) is 0.985. The van der Waals surface area contributed by atoms with Gasteiger partial charge in [-0.15, -0.1) is 0 Å². The van der Waals surface area contributed by atoms with Crippen LogP contribution in [0.3, 0.4) is 0 Å². The highest BCUT2D eigenvalue weighted by molar-refractivity contribution is 14.1. The zero-order chi connectivity index (χ0) is 6.36. The minimum atomic E-state index is -2.67. The Morgan fingerprint density at radius 1 is 1.75 bits per heavy atom. The maximum absolute atomic E-state index is 11.8. The fourth-order valence-electron chi connectivity index (χ4n) is 0.459. The SMILES string of the molecule is O=C(I)C1CC1(F)F. The van der Waals surface area contributed by atoms with Crippen molar-refractivity contribution in [1.29, 1.82) is 0 Å². The Morgan fingerprint density at radius 2 is 2.12 bits per heavy atom. The Kier molecular flexibility index (Phi) is 1.29. The second kappa shape index (κ2) is 1.62. The van der Waals surface area contributed by atoms with E-state index in [2.05, 4.69) is 0 Å². The normalized spacial score (nSPS) is 32.1. The molecule has 4 heteroatoms. The van der Waals surface area contributed by atoms with Crippen LogP contribution in [0.25, 0.3) is 0 Å². The van der Waals surface area contributed by atoms with Crippen molar-refractivity contribution < 1.29 is 13.6 Å². The van der Waals surface area contributed by atoms with Gasteiger partial charge in [0, 0.05) is 29.0 Å². The van der Waals surface area contributed by atoms with Crippen molar-refractivity contribution in [3.05, 3.63) is 0 Å². The molecule has 1 rings (SSSR count). The Balaban J connectivity index is 2.48. The summed E-state index contributed by atoms with van der Waals surface area (Å²) in [6.07, 6.45) is -0.241. The summed E-state index contributed by atoms with van der Waals surface area (Å²) in [7, 11) is 0. The molecule has 0 bridgehead atoms. The number of rotatable bonds is 1. The van der Waals surface area contributed by atoms with Gasteiger partial charge in [-0.2, -0.15) is 0 Å². The van der Waals surface area contributed by atoms with E-state index in [-0.39, 0.29) is 6.42 Å². The molecule has 0 amide bonds. The summed E-state index contributed by atoms with van der Waals surface area (Å²) >= 11 is 1.40. The van der Waals surface area contributed by atoms with E-state index in [1.165, 1.54) is 22.6 Å². The molecule has 0 saturated heterocycles. The van der Waals surface area contributed by atoms with Crippen molar-refractivity contribution in [3.63, 3.8) is 0 Å². The van der Waals surface area contributed by atoms with Gasteiger partial charge >= 0.3 is 0 Å². The lowest BCUT2D eigenvalue weighted by atomic mass is 10.5. The lowest BCUT2D eigenvalue weighted by molar-refractivity contribution is -0.112. The summed E-state index contributed by atoms with van der Waals surface area (Å²) in [6, 6.07) is 0. The molecule has 0 aromatic heterocycles. The van der Waals surface area contributed by atoms with E-state index in [1.54, 1.807) is 0 Å². The van der Waals surface area contributed by atoms with Gasteiger partial charge in [-0.1, -0.05) is 0 Å². The van der Waals surface area contributed by atoms with Gasteiger partial charge in [-0.25, -0.2) is 8.78 Å². The third-order valence-electron chi connectivity index (χ3n) is 1.10. The molecule has 1 aliphatic rings. The summed E-state index contributed by atoms with van der Waals surface area (Å²) in [5, 5.41) is 0. The predicted molar refractivity (Wildman–Crippen MR) is 32.1 cm³/mol. The average molecular weight is 232 g/mol. The fraction of sp³-hybridized carbons (Fsp3) is 0.750. The van der Waals surface area contributed by atoms with Gasteiger partial charge in [-0.05, 0) is 0 Å². The van der Waals surface area contributed by atoms with Crippen molar-refractivity contribution in [1.82, 2.24) is 0 Å². The monoisotopic (exact) mass is 232 g/mol. The van der Waals surface area contributed by atoms with Crippen LogP contribution in [0.1, 0.15) is 6.42 Å². The highest BCUT2D eigenvalue weighted by atomic mass is 127. The van der Waals surface area contributed by atoms with Crippen LogP contribution in [0.2, 0.25) is 0 Å². The van der Waals surface area contributed by atoms with E-state index in [9.17, 15) is 13.6 Å². The van der Waals surface area contributed by atoms with Crippen molar-refractivity contribution in [2.24, 2.45) is 5.92 Å². The summed E-state index contributed by atoms with van der Waals surface area (Å²) in [5.41, 5.74) is 0. The Labute approximate surface area is 58.6 Å². The largest absolute Gasteiger partial charge is 0.287 e. The molecule has 0 N–H and O–H groups in total. The van der Waals surface area contributed by atoms with Crippen LogP contribution >= 0.6 is 22.6 Å². The van der Waals surface area contributed by atoms with Crippen LogP contribution in [0.15, 0.2) is 0 Å². The van der Waals surface area contributed by atoms with E-state index >= 15 is 0 Å². The molecule has 1 nitrogen and oxygen atoms in total. The Bertz CT molecular complexity index is 134. The predicted octanol–water partition coefficient (Wildman–Crippen LogP) is 1.60. The second-order valence-corrected chi connectivity index (χ2v) is 2.89. The first-order valence-electron chi connectivity index (χ1n) is 2.11. The quantitative estimate of drug-likeness (QED) is 0.495. The number of halogens is 3. The molecule has 1 aliphatic carbocycles. The van der Waals surface area contributed by atoms with Crippen LogP contribution < -0.4 is 0 Å². The van der Waals surface area contributed by atoms with Crippen molar-refractivity contribution in [2.45, 2.75) is 12.3 Å². The van der Waals surface area contributed by atoms with E-state index in [0.717, 1.165) is 0 Å². The first kappa shape index (κ1) is 6.38. The summed E-state index contributed by atoms with van der Waals surface area (Å²) in [6.45, 7) is 0. The molecule has 8 heavy (non-hydrogen) atoms. The molecule has 46 valence electrons. The van der Waals surface area contributed by atoms with Crippen molar-refractivity contribution in [2.75, 3.05) is 0 Å². The van der Waals surface area contributed by atoms with Crippen LogP contribution in [-0.4, -0.2) is 9.71 Å². The molecule has 0 aromatic rings. The van der Waals surface area contributed by atoms with Gasteiger partial charge in [0.1, 0.15) is 0 Å². The van der Waals surface area contributed by atoms with Gasteiger partial charge < -0.3 is 0 Å². The highest BCUT2D eigenvalue weighted by Gasteiger charge is 2.60. The second-order valence-electron chi connectivity index (χ2n) is 1.82. The lowest BCUT2D eigenvalue weighted by Gasteiger charge is -1.86. The fourth-order valence-corrected chi connectivity index (χ4v) is 1.14. The Hall–Kier alpha value is 0.260.